The number of nitrogens with one attached hydrogen (secondary N) is 8. The van der Waals surface area contributed by atoms with E-state index in [9.17, 15) is 62.3 Å². The number of aryl methyl sites for hydroxylation is 6. The number of imidazole rings is 3. The van der Waals surface area contributed by atoms with Crippen molar-refractivity contribution in [2.24, 2.45) is 42.3 Å². The number of benzene rings is 2. The van der Waals surface area contributed by atoms with Gasteiger partial charge in [0.25, 0.3) is 23.6 Å². The fourth-order valence-electron chi connectivity index (χ4n) is 12.0. The fraction of sp³-hybridized carbons (Fsp3) is 0.410. The Balaban J connectivity index is 0.671. The van der Waals surface area contributed by atoms with Gasteiger partial charge >= 0.3 is 0 Å². The third-order valence-electron chi connectivity index (χ3n) is 17.7. The molecule has 6 heterocycles. The third-order valence-corrected chi connectivity index (χ3v) is 17.7. The molecule has 8 aromatic rings. The van der Waals surface area contributed by atoms with Crippen molar-refractivity contribution in [3.63, 3.8) is 0 Å². The number of hydrogen-bond acceptors (Lipinski definition) is 18. The second-order valence-electron chi connectivity index (χ2n) is 27.4. The van der Waals surface area contributed by atoms with Crippen LogP contribution in [0.3, 0.4) is 0 Å². The number of amides is 8. The number of ether oxygens (including phenoxy) is 1. The summed E-state index contributed by atoms with van der Waals surface area (Å²) in [6.45, 7) is 1.50. The van der Waals surface area contributed by atoms with Crippen LogP contribution in [-0.4, -0.2) is 170 Å². The first kappa shape index (κ1) is 83.6. The van der Waals surface area contributed by atoms with Gasteiger partial charge in [0, 0.05) is 175 Å². The normalized spacial score (nSPS) is 11.1. The maximum atomic E-state index is 13.5. The Morgan fingerprint density at radius 1 is 0.373 bits per heavy atom. The van der Waals surface area contributed by atoms with E-state index in [0.717, 1.165) is 44.2 Å². The molecule has 110 heavy (non-hydrogen) atoms. The summed E-state index contributed by atoms with van der Waals surface area (Å²) in [6.07, 6.45) is 16.4. The fourth-order valence-corrected chi connectivity index (χ4v) is 12.0. The van der Waals surface area contributed by atoms with Gasteiger partial charge < -0.3 is 79.6 Å². The van der Waals surface area contributed by atoms with Crippen molar-refractivity contribution in [3.8, 4) is 0 Å². The highest BCUT2D eigenvalue weighted by molar-refractivity contribution is 6.06. The van der Waals surface area contributed by atoms with E-state index in [-0.39, 0.29) is 152 Å². The summed E-state index contributed by atoms with van der Waals surface area (Å²) in [7, 11) is 13.8. The highest BCUT2D eigenvalue weighted by atomic mass is 16.5. The first-order valence-corrected chi connectivity index (χ1v) is 36.6. The lowest BCUT2D eigenvalue weighted by atomic mass is 10.0. The van der Waals surface area contributed by atoms with E-state index in [2.05, 4.69) is 62.4 Å². The van der Waals surface area contributed by atoms with Gasteiger partial charge in [-0.1, -0.05) is 43.2 Å². The number of anilines is 5. The van der Waals surface area contributed by atoms with Crippen molar-refractivity contribution in [2.75, 3.05) is 73.5 Å². The Hall–Kier alpha value is -12.1. The molecule has 0 spiro atoms. The molecule has 0 bridgehead atoms. The van der Waals surface area contributed by atoms with Crippen LogP contribution in [-0.2, 0) is 95.2 Å². The minimum absolute atomic E-state index is 0.00184. The van der Waals surface area contributed by atoms with Crippen molar-refractivity contribution >= 4 is 105 Å². The highest BCUT2D eigenvalue weighted by Crippen LogP contribution is 2.22. The van der Waals surface area contributed by atoms with Crippen molar-refractivity contribution in [3.05, 3.63) is 167 Å². The number of Topliss-reactive ketones (excluding diaryl/α,β-unsaturated/α-hetero) is 5. The first-order chi connectivity index (χ1) is 52.6. The molecule has 0 saturated heterocycles. The van der Waals surface area contributed by atoms with Gasteiger partial charge in [0.05, 0.1) is 23.7 Å². The topological polar surface area (TPSA) is 399 Å². The van der Waals surface area contributed by atoms with Gasteiger partial charge in [0.1, 0.15) is 18.1 Å². The zero-order chi connectivity index (χ0) is 79.4. The van der Waals surface area contributed by atoms with Crippen LogP contribution < -0.4 is 42.5 Å². The summed E-state index contributed by atoms with van der Waals surface area (Å²) in [6, 6.07) is 20.8. The van der Waals surface area contributed by atoms with Crippen LogP contribution in [0, 0.1) is 0 Å². The van der Waals surface area contributed by atoms with Gasteiger partial charge in [-0.15, -0.1) is 0 Å². The van der Waals surface area contributed by atoms with Gasteiger partial charge in [0.15, 0.2) is 40.6 Å². The summed E-state index contributed by atoms with van der Waals surface area (Å²) in [5.41, 5.74) is 4.41. The molecule has 0 aliphatic carbocycles. The number of hydrogen-bond donors (Lipinski definition) is 8. The second-order valence-corrected chi connectivity index (χ2v) is 27.4. The highest BCUT2D eigenvalue weighted by Gasteiger charge is 2.25. The second kappa shape index (κ2) is 41.3. The van der Waals surface area contributed by atoms with Crippen LogP contribution in [0.15, 0.2) is 110 Å². The number of carbonyl (C=O) groups excluding carboxylic acids is 13. The smallest absolute Gasteiger partial charge is 0.292 e. The quantitative estimate of drug-likeness (QED) is 0.0136. The Bertz CT molecular complexity index is 4610. The SMILES string of the molecule is CN(C)CCCCC(=O)CCCC(=O)c1cc(CC(=O)c2cc(CC(=O)c3nc(NC(=O)CCCNC(=O)c4cc(NC(=O)c5nc(NC(=O)c6nc(NC(=O)CCNC(=O)CCNC(=O)c7ccc(NC(=O)CCCCCCC(=O)COCc8ccccc8)cc7)cn6C)cn5C)cn4C)cn3C)cn2C)cn1C. The van der Waals surface area contributed by atoms with E-state index in [1.165, 1.54) is 56.2 Å². The van der Waals surface area contributed by atoms with Crippen LogP contribution in [0.4, 0.5) is 28.8 Å². The van der Waals surface area contributed by atoms with Crippen molar-refractivity contribution in [1.29, 1.82) is 0 Å². The lowest BCUT2D eigenvalue weighted by molar-refractivity contribution is -0.124. The summed E-state index contributed by atoms with van der Waals surface area (Å²) >= 11 is 0. The Morgan fingerprint density at radius 3 is 1.54 bits per heavy atom. The molecule has 8 amide bonds. The molecule has 2 aromatic carbocycles. The van der Waals surface area contributed by atoms with Crippen LogP contribution in [0.5, 0.6) is 0 Å². The van der Waals surface area contributed by atoms with Crippen LogP contribution in [0.25, 0.3) is 0 Å². The summed E-state index contributed by atoms with van der Waals surface area (Å²) < 4.78 is 14.6. The maximum Gasteiger partial charge on any atom is 0.292 e. The molecular formula is C78H98N18O14. The maximum absolute atomic E-state index is 13.5. The number of unbranched alkanes of at least 4 members (excludes halogenated alkanes) is 4. The van der Waals surface area contributed by atoms with Gasteiger partial charge in [-0.2, -0.15) is 0 Å². The van der Waals surface area contributed by atoms with Gasteiger partial charge in [0.2, 0.25) is 41.1 Å². The summed E-state index contributed by atoms with van der Waals surface area (Å²) in [5.74, 6) is -4.12. The van der Waals surface area contributed by atoms with Gasteiger partial charge in [-0.3, -0.25) is 62.3 Å². The largest absolute Gasteiger partial charge is 0.369 e. The van der Waals surface area contributed by atoms with Crippen LogP contribution in [0.1, 0.15) is 193 Å². The predicted molar refractivity (Wildman–Crippen MR) is 411 cm³/mol. The van der Waals surface area contributed by atoms with E-state index in [1.54, 1.807) is 93.2 Å². The molecule has 0 aliphatic heterocycles. The number of ketones is 5. The van der Waals surface area contributed by atoms with E-state index < -0.39 is 41.4 Å². The lowest BCUT2D eigenvalue weighted by Gasteiger charge is -2.08. The number of aromatic nitrogens is 9. The zero-order valence-electron chi connectivity index (χ0n) is 63.6. The summed E-state index contributed by atoms with van der Waals surface area (Å²) in [5, 5.41) is 21.5. The molecule has 0 unspecified atom stereocenters. The minimum Gasteiger partial charge on any atom is -0.369 e. The molecule has 584 valence electrons. The molecule has 32 heteroatoms. The molecule has 32 nitrogen and oxygen atoms in total. The molecule has 6 aromatic heterocycles. The van der Waals surface area contributed by atoms with E-state index >= 15 is 0 Å². The predicted octanol–water partition coefficient (Wildman–Crippen LogP) is 7.39. The monoisotopic (exact) mass is 1510 g/mol. The summed E-state index contributed by atoms with van der Waals surface area (Å²) in [4.78, 5) is 183. The van der Waals surface area contributed by atoms with Crippen molar-refractivity contribution < 1.29 is 67.1 Å². The molecule has 0 saturated carbocycles. The van der Waals surface area contributed by atoms with Crippen LogP contribution in [0.2, 0.25) is 0 Å². The molecular weight excluding hydrogens is 1410 g/mol. The third kappa shape index (κ3) is 26.4. The minimum atomic E-state index is -0.711. The zero-order valence-corrected chi connectivity index (χ0v) is 63.6. The molecule has 0 atom stereocenters. The van der Waals surface area contributed by atoms with Crippen molar-refractivity contribution in [1.82, 2.24) is 63.2 Å². The molecule has 8 rings (SSSR count). The van der Waals surface area contributed by atoms with E-state index in [4.69, 9.17) is 4.74 Å². The van der Waals surface area contributed by atoms with Gasteiger partial charge in [-0.05, 0) is 118 Å². The number of nitrogens with zero attached hydrogens (tertiary/aromatic N) is 10. The van der Waals surface area contributed by atoms with Gasteiger partial charge in [-0.25, -0.2) is 15.0 Å². The molecule has 0 fully saturated rings. The van der Waals surface area contributed by atoms with E-state index in [1.807, 2.05) is 44.4 Å². The molecule has 8 N–H and O–H groups in total. The van der Waals surface area contributed by atoms with E-state index in [0.29, 0.717) is 78.9 Å². The Kier molecular flexibility index (Phi) is 31.4. The van der Waals surface area contributed by atoms with Crippen molar-refractivity contribution in [2.45, 2.75) is 122 Å². The molecule has 0 radical (unpaired) electrons. The molecule has 0 aliphatic rings. The lowest BCUT2D eigenvalue weighted by Crippen LogP contribution is -2.32. The Morgan fingerprint density at radius 2 is 0.882 bits per heavy atom. The Labute approximate surface area is 637 Å². The average molecular weight is 1510 g/mol. The number of rotatable bonds is 46. The first-order valence-electron chi connectivity index (χ1n) is 36.6. The number of carbonyl (C=O) groups is 13. The van der Waals surface area contributed by atoms with Crippen LogP contribution >= 0.6 is 0 Å². The average Bonchev–Trinajstić information content (AvgIpc) is 1.68. The standard InChI is InChI=1S/C78H98N18O14/c1-90(2)37-17-16-22-57(97)24-18-25-62(99)59-38-52(43-91(59)3)40-63(100)60-39-53(44-92(60)4)41-64(101)72-86-65(46-94(72)6)84-70(104)27-19-34-80-76(107)61-42-56(45-93(61)5)83-77(108)73-88-67(48-96(73)8)89-78(109)74-87-66(47-95(74)7)85-71(105)33-35-79-68(102)32-36-81-75(106)54-28-30-55(31-29-54)82-69(103)26-15-10-9-14-23-58(98)50-110-49-51-20-12-11-13-21-51/h11-13,20-21,28-31,38-39,42-48H,9-10,14-19,22-27,32-37,40-41,49-50H2,1-8H3,(H,79,102)(H,80,107)(H,81,106)(H,82,103)(H,83,108)(H,84,104)(H,85,105)(H,89,109).